The van der Waals surface area contributed by atoms with Gasteiger partial charge in [0.1, 0.15) is 0 Å². The van der Waals surface area contributed by atoms with Gasteiger partial charge in [0.05, 0.1) is 5.51 Å². The molecule has 1 aliphatic rings. The van der Waals surface area contributed by atoms with Gasteiger partial charge in [0.15, 0.2) is 0 Å². The molecule has 0 aliphatic heterocycles. The SMILES string of the molecule is C[C@@H]1[C@H](C)CCC[C@H]1NCc1cncs1. The minimum absolute atomic E-state index is 0.704. The molecular formula is C12H20N2S. The van der Waals surface area contributed by atoms with E-state index in [4.69, 9.17) is 0 Å². The van der Waals surface area contributed by atoms with Gasteiger partial charge >= 0.3 is 0 Å². The van der Waals surface area contributed by atoms with Crippen LogP contribution in [0.5, 0.6) is 0 Å². The summed E-state index contributed by atoms with van der Waals surface area (Å²) in [7, 11) is 0. The molecule has 0 unspecified atom stereocenters. The van der Waals surface area contributed by atoms with E-state index in [1.165, 1.54) is 24.1 Å². The summed E-state index contributed by atoms with van der Waals surface area (Å²) in [6, 6.07) is 0.704. The molecule has 3 heteroatoms. The smallest absolute Gasteiger partial charge is 0.0794 e. The lowest BCUT2D eigenvalue weighted by atomic mass is 9.78. The van der Waals surface area contributed by atoms with E-state index in [1.807, 2.05) is 11.7 Å². The van der Waals surface area contributed by atoms with Crippen molar-refractivity contribution in [2.24, 2.45) is 11.8 Å². The third-order valence-electron chi connectivity index (χ3n) is 3.73. The minimum atomic E-state index is 0.704. The van der Waals surface area contributed by atoms with Crippen LogP contribution in [-0.2, 0) is 6.54 Å². The fraction of sp³-hybridized carbons (Fsp3) is 0.750. The second kappa shape index (κ2) is 5.08. The predicted molar refractivity (Wildman–Crippen MR) is 64.9 cm³/mol. The molecule has 2 nitrogen and oxygen atoms in total. The van der Waals surface area contributed by atoms with Gasteiger partial charge in [0.25, 0.3) is 0 Å². The molecule has 0 spiro atoms. The fourth-order valence-corrected chi connectivity index (χ4v) is 2.98. The maximum atomic E-state index is 4.10. The number of hydrogen-bond donors (Lipinski definition) is 1. The lowest BCUT2D eigenvalue weighted by Gasteiger charge is -2.34. The Morgan fingerprint density at radius 1 is 1.47 bits per heavy atom. The highest BCUT2D eigenvalue weighted by molar-refractivity contribution is 7.09. The van der Waals surface area contributed by atoms with Gasteiger partial charge in [0.2, 0.25) is 0 Å². The molecule has 0 aromatic carbocycles. The molecule has 0 radical (unpaired) electrons. The summed E-state index contributed by atoms with van der Waals surface area (Å²) in [5.41, 5.74) is 1.91. The summed E-state index contributed by atoms with van der Waals surface area (Å²) < 4.78 is 0. The maximum Gasteiger partial charge on any atom is 0.0794 e. The highest BCUT2D eigenvalue weighted by Crippen LogP contribution is 2.29. The summed E-state index contributed by atoms with van der Waals surface area (Å²) in [5, 5.41) is 3.67. The molecule has 1 heterocycles. The van der Waals surface area contributed by atoms with Crippen LogP contribution in [0.2, 0.25) is 0 Å². The topological polar surface area (TPSA) is 24.9 Å². The van der Waals surface area contributed by atoms with Gasteiger partial charge in [0, 0.05) is 23.7 Å². The molecule has 0 bridgehead atoms. The van der Waals surface area contributed by atoms with Crippen LogP contribution in [0.4, 0.5) is 0 Å². The van der Waals surface area contributed by atoms with E-state index in [0.29, 0.717) is 6.04 Å². The Morgan fingerprint density at radius 3 is 3.07 bits per heavy atom. The van der Waals surface area contributed by atoms with E-state index < -0.39 is 0 Å². The molecule has 2 rings (SSSR count). The fourth-order valence-electron chi connectivity index (χ4n) is 2.43. The first-order valence-corrected chi connectivity index (χ1v) is 6.76. The molecule has 3 atom stereocenters. The molecule has 0 amide bonds. The Bertz CT molecular complexity index is 284. The molecule has 0 saturated heterocycles. The second-order valence-electron chi connectivity index (χ2n) is 4.72. The van der Waals surface area contributed by atoms with Crippen molar-refractivity contribution in [1.29, 1.82) is 0 Å². The molecule has 15 heavy (non-hydrogen) atoms. The molecular weight excluding hydrogens is 204 g/mol. The van der Waals surface area contributed by atoms with Gasteiger partial charge in [-0.2, -0.15) is 0 Å². The number of thiazole rings is 1. The van der Waals surface area contributed by atoms with Crippen LogP contribution in [-0.4, -0.2) is 11.0 Å². The molecule has 84 valence electrons. The van der Waals surface area contributed by atoms with Crippen molar-refractivity contribution < 1.29 is 0 Å². The Morgan fingerprint density at radius 2 is 2.33 bits per heavy atom. The van der Waals surface area contributed by atoms with E-state index in [0.717, 1.165) is 18.4 Å². The van der Waals surface area contributed by atoms with Crippen molar-refractivity contribution in [2.45, 2.75) is 45.7 Å². The van der Waals surface area contributed by atoms with Gasteiger partial charge in [-0.3, -0.25) is 4.98 Å². The third kappa shape index (κ3) is 2.79. The first-order chi connectivity index (χ1) is 7.27. The lowest BCUT2D eigenvalue weighted by Crippen LogP contribution is -2.40. The molecule has 1 aromatic heterocycles. The zero-order valence-electron chi connectivity index (χ0n) is 9.57. The summed E-state index contributed by atoms with van der Waals surface area (Å²) in [6.07, 6.45) is 6.09. The van der Waals surface area contributed by atoms with Crippen LogP contribution >= 0.6 is 11.3 Å². The largest absolute Gasteiger partial charge is 0.309 e. The Balaban J connectivity index is 1.83. The highest BCUT2D eigenvalue weighted by atomic mass is 32.1. The number of nitrogens with one attached hydrogen (secondary N) is 1. The third-order valence-corrected chi connectivity index (χ3v) is 4.51. The van der Waals surface area contributed by atoms with Gasteiger partial charge in [-0.05, 0) is 18.3 Å². The van der Waals surface area contributed by atoms with Gasteiger partial charge in [-0.1, -0.05) is 26.7 Å². The average Bonchev–Trinajstić information content (AvgIpc) is 2.73. The summed E-state index contributed by atoms with van der Waals surface area (Å²) in [4.78, 5) is 5.45. The van der Waals surface area contributed by atoms with Crippen LogP contribution < -0.4 is 5.32 Å². The number of rotatable bonds is 3. The normalized spacial score (nSPS) is 31.7. The molecule has 1 aromatic rings. The minimum Gasteiger partial charge on any atom is -0.309 e. The van der Waals surface area contributed by atoms with Crippen molar-refractivity contribution in [1.82, 2.24) is 10.3 Å². The van der Waals surface area contributed by atoms with E-state index in [9.17, 15) is 0 Å². The lowest BCUT2D eigenvalue weighted by molar-refractivity contribution is 0.206. The number of hydrogen-bond acceptors (Lipinski definition) is 3. The van der Waals surface area contributed by atoms with E-state index in [2.05, 4.69) is 24.1 Å². The predicted octanol–water partition coefficient (Wildman–Crippen LogP) is 3.06. The zero-order chi connectivity index (χ0) is 10.7. The van der Waals surface area contributed by atoms with E-state index in [-0.39, 0.29) is 0 Å². The van der Waals surface area contributed by atoms with Gasteiger partial charge in [-0.15, -0.1) is 11.3 Å². The summed E-state index contributed by atoms with van der Waals surface area (Å²) in [5.74, 6) is 1.68. The number of nitrogens with zero attached hydrogens (tertiary/aromatic N) is 1. The van der Waals surface area contributed by atoms with Crippen molar-refractivity contribution >= 4 is 11.3 Å². The highest BCUT2D eigenvalue weighted by Gasteiger charge is 2.26. The van der Waals surface area contributed by atoms with Crippen LogP contribution in [0.15, 0.2) is 11.7 Å². The van der Waals surface area contributed by atoms with Crippen molar-refractivity contribution in [3.63, 3.8) is 0 Å². The standard InChI is InChI=1S/C12H20N2S/c1-9-4-3-5-12(10(9)2)14-7-11-6-13-8-15-11/h6,8-10,12,14H,3-5,7H2,1-2H3/t9-,10-,12-/m1/s1. The monoisotopic (exact) mass is 224 g/mol. The van der Waals surface area contributed by atoms with Crippen molar-refractivity contribution in [3.8, 4) is 0 Å². The first kappa shape index (κ1) is 11.1. The molecule has 1 fully saturated rings. The van der Waals surface area contributed by atoms with E-state index in [1.54, 1.807) is 11.3 Å². The zero-order valence-corrected chi connectivity index (χ0v) is 10.4. The summed E-state index contributed by atoms with van der Waals surface area (Å²) in [6.45, 7) is 5.76. The Labute approximate surface area is 96.1 Å². The number of aromatic nitrogens is 1. The quantitative estimate of drug-likeness (QED) is 0.853. The van der Waals surface area contributed by atoms with Gasteiger partial charge in [-0.25, -0.2) is 0 Å². The average molecular weight is 224 g/mol. The van der Waals surface area contributed by atoms with Crippen LogP contribution in [0.1, 0.15) is 38.0 Å². The Hall–Kier alpha value is -0.410. The van der Waals surface area contributed by atoms with Crippen LogP contribution in [0.3, 0.4) is 0 Å². The summed E-state index contributed by atoms with van der Waals surface area (Å²) >= 11 is 1.74. The van der Waals surface area contributed by atoms with Gasteiger partial charge < -0.3 is 5.32 Å². The first-order valence-electron chi connectivity index (χ1n) is 5.88. The Kier molecular flexibility index (Phi) is 3.76. The van der Waals surface area contributed by atoms with Crippen molar-refractivity contribution in [3.05, 3.63) is 16.6 Å². The second-order valence-corrected chi connectivity index (χ2v) is 5.69. The maximum absolute atomic E-state index is 4.10. The van der Waals surface area contributed by atoms with Crippen molar-refractivity contribution in [2.75, 3.05) is 0 Å². The van der Waals surface area contributed by atoms with E-state index >= 15 is 0 Å². The molecule has 1 saturated carbocycles. The molecule has 1 aliphatic carbocycles. The van der Waals surface area contributed by atoms with Crippen LogP contribution in [0.25, 0.3) is 0 Å². The molecule has 1 N–H and O–H groups in total. The van der Waals surface area contributed by atoms with Crippen LogP contribution in [0, 0.1) is 11.8 Å².